The van der Waals surface area contributed by atoms with E-state index in [1.165, 1.54) is 6.92 Å². The highest BCUT2D eigenvalue weighted by atomic mass is 16.6. The third kappa shape index (κ3) is 4.12. The smallest absolute Gasteiger partial charge is 0.405 e. The monoisotopic (exact) mass is 238 g/mol. The van der Waals surface area contributed by atoms with Crippen LogP contribution in [0.5, 0.6) is 0 Å². The summed E-state index contributed by atoms with van der Waals surface area (Å²) >= 11 is 0. The standard InChI is InChI=1S/C11H14N2O4/c1-7(17-11(12)16)10(15)13-9-4-2-8(6-14)3-5-9/h2-5,7,14H,6H2,1H3,(H2,12,16)(H,13,15)/t7-/m0/s1. The van der Waals surface area contributed by atoms with Crippen molar-refractivity contribution in [3.63, 3.8) is 0 Å². The van der Waals surface area contributed by atoms with Crippen LogP contribution in [-0.4, -0.2) is 23.2 Å². The van der Waals surface area contributed by atoms with E-state index in [0.29, 0.717) is 5.69 Å². The molecule has 1 atom stereocenters. The second-order valence-electron chi connectivity index (χ2n) is 3.42. The lowest BCUT2D eigenvalue weighted by Gasteiger charge is -2.11. The number of nitrogens with two attached hydrogens (primary N) is 1. The Morgan fingerprint density at radius 2 is 2.00 bits per heavy atom. The second kappa shape index (κ2) is 5.86. The lowest BCUT2D eigenvalue weighted by molar-refractivity contribution is -0.123. The Hall–Kier alpha value is -2.08. The van der Waals surface area contributed by atoms with Gasteiger partial charge in [-0.25, -0.2) is 4.79 Å². The van der Waals surface area contributed by atoms with E-state index in [0.717, 1.165) is 5.56 Å². The van der Waals surface area contributed by atoms with Crippen LogP contribution in [0.1, 0.15) is 12.5 Å². The van der Waals surface area contributed by atoms with Crippen molar-refractivity contribution in [1.29, 1.82) is 0 Å². The van der Waals surface area contributed by atoms with Crippen molar-refractivity contribution in [2.45, 2.75) is 19.6 Å². The number of primary amides is 1. The van der Waals surface area contributed by atoms with E-state index in [2.05, 4.69) is 10.1 Å². The van der Waals surface area contributed by atoms with Gasteiger partial charge in [0.15, 0.2) is 6.10 Å². The second-order valence-corrected chi connectivity index (χ2v) is 3.42. The van der Waals surface area contributed by atoms with Gasteiger partial charge in [0.25, 0.3) is 5.91 Å². The zero-order valence-corrected chi connectivity index (χ0v) is 9.34. The van der Waals surface area contributed by atoms with Crippen molar-refractivity contribution in [3.05, 3.63) is 29.8 Å². The quantitative estimate of drug-likeness (QED) is 0.714. The molecule has 6 heteroatoms. The van der Waals surface area contributed by atoms with Crippen LogP contribution in [0.4, 0.5) is 10.5 Å². The van der Waals surface area contributed by atoms with Crippen LogP contribution >= 0.6 is 0 Å². The number of carbonyl (C=O) groups excluding carboxylic acids is 2. The van der Waals surface area contributed by atoms with Crippen LogP contribution < -0.4 is 11.1 Å². The Balaban J connectivity index is 2.58. The number of rotatable bonds is 4. The number of nitrogens with one attached hydrogen (secondary N) is 1. The van der Waals surface area contributed by atoms with Crippen LogP contribution in [0.2, 0.25) is 0 Å². The minimum absolute atomic E-state index is 0.0601. The summed E-state index contributed by atoms with van der Waals surface area (Å²) in [5.41, 5.74) is 6.08. The summed E-state index contributed by atoms with van der Waals surface area (Å²) in [5, 5.41) is 11.4. The molecule has 4 N–H and O–H groups in total. The number of hydrogen-bond acceptors (Lipinski definition) is 4. The predicted octanol–water partition coefficient (Wildman–Crippen LogP) is 0.601. The van der Waals surface area contributed by atoms with Gasteiger partial charge in [0.05, 0.1) is 6.61 Å². The third-order valence-electron chi connectivity index (χ3n) is 2.07. The Bertz CT molecular complexity index is 402. The maximum atomic E-state index is 11.5. The first-order valence-electron chi connectivity index (χ1n) is 4.99. The number of aliphatic hydroxyl groups is 1. The zero-order valence-electron chi connectivity index (χ0n) is 9.34. The number of hydrogen-bond donors (Lipinski definition) is 3. The third-order valence-corrected chi connectivity index (χ3v) is 2.07. The Labute approximate surface area is 98.4 Å². The number of amides is 2. The van der Waals surface area contributed by atoms with Crippen molar-refractivity contribution >= 4 is 17.7 Å². The molecule has 1 aromatic carbocycles. The highest BCUT2D eigenvalue weighted by Crippen LogP contribution is 2.10. The van der Waals surface area contributed by atoms with Gasteiger partial charge in [-0.2, -0.15) is 0 Å². The van der Waals surface area contributed by atoms with Crippen LogP contribution in [0.3, 0.4) is 0 Å². The van der Waals surface area contributed by atoms with E-state index >= 15 is 0 Å². The molecule has 1 rings (SSSR count). The summed E-state index contributed by atoms with van der Waals surface area (Å²) in [6, 6.07) is 6.63. The van der Waals surface area contributed by atoms with E-state index < -0.39 is 18.1 Å². The molecule has 0 aliphatic rings. The molecule has 0 heterocycles. The van der Waals surface area contributed by atoms with Crippen molar-refractivity contribution in [3.8, 4) is 0 Å². The number of benzene rings is 1. The minimum Gasteiger partial charge on any atom is -0.437 e. The van der Waals surface area contributed by atoms with E-state index in [1.807, 2.05) is 0 Å². The first-order chi connectivity index (χ1) is 8.02. The van der Waals surface area contributed by atoms with Gasteiger partial charge in [-0.1, -0.05) is 12.1 Å². The fraction of sp³-hybridized carbons (Fsp3) is 0.273. The maximum Gasteiger partial charge on any atom is 0.405 e. The largest absolute Gasteiger partial charge is 0.437 e. The summed E-state index contributed by atoms with van der Waals surface area (Å²) in [6.07, 6.45) is -1.95. The molecule has 17 heavy (non-hydrogen) atoms. The molecule has 0 radical (unpaired) electrons. The molecule has 2 amide bonds. The predicted molar refractivity (Wildman–Crippen MR) is 61.1 cm³/mol. The van der Waals surface area contributed by atoms with Gasteiger partial charge in [-0.05, 0) is 24.6 Å². The molecule has 0 saturated heterocycles. The molecular weight excluding hydrogens is 224 g/mol. The van der Waals surface area contributed by atoms with Gasteiger partial charge in [-0.15, -0.1) is 0 Å². The fourth-order valence-electron chi connectivity index (χ4n) is 1.17. The van der Waals surface area contributed by atoms with E-state index in [1.54, 1.807) is 24.3 Å². The topological polar surface area (TPSA) is 102 Å². The lowest BCUT2D eigenvalue weighted by atomic mass is 10.2. The Kier molecular flexibility index (Phi) is 4.47. The highest BCUT2D eigenvalue weighted by Gasteiger charge is 2.15. The molecular formula is C11H14N2O4. The van der Waals surface area contributed by atoms with Crippen LogP contribution in [0, 0.1) is 0 Å². The normalized spacial score (nSPS) is 11.6. The average Bonchev–Trinajstić information content (AvgIpc) is 2.29. The fourth-order valence-corrected chi connectivity index (χ4v) is 1.17. The van der Waals surface area contributed by atoms with E-state index in [-0.39, 0.29) is 6.61 Å². The highest BCUT2D eigenvalue weighted by molar-refractivity contribution is 5.94. The number of carbonyl (C=O) groups is 2. The molecule has 0 unspecified atom stereocenters. The number of aliphatic hydroxyl groups excluding tert-OH is 1. The van der Waals surface area contributed by atoms with Crippen molar-refractivity contribution in [2.75, 3.05) is 5.32 Å². The molecule has 1 aromatic rings. The van der Waals surface area contributed by atoms with Crippen molar-refractivity contribution in [1.82, 2.24) is 0 Å². The molecule has 0 saturated carbocycles. The number of ether oxygens (including phenoxy) is 1. The Morgan fingerprint density at radius 3 is 2.47 bits per heavy atom. The van der Waals surface area contributed by atoms with Gasteiger partial charge in [0.2, 0.25) is 0 Å². The molecule has 0 aromatic heterocycles. The van der Waals surface area contributed by atoms with Crippen LogP contribution in [0.15, 0.2) is 24.3 Å². The summed E-state index contributed by atoms with van der Waals surface area (Å²) in [6.45, 7) is 1.36. The minimum atomic E-state index is -0.997. The van der Waals surface area contributed by atoms with Crippen molar-refractivity contribution < 1.29 is 19.4 Å². The van der Waals surface area contributed by atoms with Gasteiger partial charge >= 0.3 is 6.09 Å². The SMILES string of the molecule is C[C@H](OC(N)=O)C(=O)Nc1ccc(CO)cc1. The average molecular weight is 238 g/mol. The Morgan fingerprint density at radius 1 is 1.41 bits per heavy atom. The van der Waals surface area contributed by atoms with Gasteiger partial charge in [-0.3, -0.25) is 4.79 Å². The van der Waals surface area contributed by atoms with E-state index in [4.69, 9.17) is 10.8 Å². The molecule has 0 fully saturated rings. The summed E-state index contributed by atoms with van der Waals surface area (Å²) in [5.74, 6) is -0.472. The van der Waals surface area contributed by atoms with Gasteiger partial charge in [0.1, 0.15) is 0 Å². The van der Waals surface area contributed by atoms with E-state index in [9.17, 15) is 9.59 Å². The zero-order chi connectivity index (χ0) is 12.8. The molecule has 92 valence electrons. The lowest BCUT2D eigenvalue weighted by Crippen LogP contribution is -2.31. The summed E-state index contributed by atoms with van der Waals surface area (Å²) in [4.78, 5) is 22.0. The van der Waals surface area contributed by atoms with Crippen molar-refractivity contribution in [2.24, 2.45) is 5.73 Å². The molecule has 6 nitrogen and oxygen atoms in total. The van der Waals surface area contributed by atoms with Gasteiger partial charge < -0.3 is 20.9 Å². The number of anilines is 1. The molecule has 0 bridgehead atoms. The first kappa shape index (κ1) is 13.0. The first-order valence-corrected chi connectivity index (χ1v) is 4.99. The van der Waals surface area contributed by atoms with Crippen LogP contribution in [0.25, 0.3) is 0 Å². The molecule has 0 aliphatic heterocycles. The molecule has 0 spiro atoms. The summed E-state index contributed by atoms with van der Waals surface area (Å²) < 4.78 is 4.52. The molecule has 0 aliphatic carbocycles. The summed E-state index contributed by atoms with van der Waals surface area (Å²) in [7, 11) is 0. The van der Waals surface area contributed by atoms with Crippen LogP contribution in [-0.2, 0) is 16.1 Å². The maximum absolute atomic E-state index is 11.5. The van der Waals surface area contributed by atoms with Gasteiger partial charge in [0, 0.05) is 5.69 Å².